The molecule has 2 atom stereocenters. The molecule has 1 saturated heterocycles. The van der Waals surface area contributed by atoms with Crippen LogP contribution in [0.25, 0.3) is 0 Å². The average Bonchev–Trinajstić information content (AvgIpc) is 2.77. The lowest BCUT2D eigenvalue weighted by Gasteiger charge is -2.25. The first-order valence-corrected chi connectivity index (χ1v) is 5.62. The van der Waals surface area contributed by atoms with Crippen molar-refractivity contribution >= 4 is 16.5 Å². The first-order valence-electron chi connectivity index (χ1n) is 4.74. The Balaban J connectivity index is 1.87. The smallest absolute Gasteiger partial charge is 0.223 e. The zero-order chi connectivity index (χ0) is 8.84. The Morgan fingerprint density at radius 2 is 2.46 bits per heavy atom. The van der Waals surface area contributed by atoms with Crippen molar-refractivity contribution in [2.75, 3.05) is 11.4 Å². The summed E-state index contributed by atoms with van der Waals surface area (Å²) in [4.78, 5) is 6.47. The molecule has 0 spiro atoms. The highest BCUT2D eigenvalue weighted by Crippen LogP contribution is 2.41. The number of piperidine rings is 1. The Morgan fingerprint density at radius 3 is 3.00 bits per heavy atom. The lowest BCUT2D eigenvalue weighted by atomic mass is 10.1. The molecule has 1 aliphatic carbocycles. The van der Waals surface area contributed by atoms with Gasteiger partial charge in [0.1, 0.15) is 0 Å². The van der Waals surface area contributed by atoms with Crippen LogP contribution in [0.5, 0.6) is 5.88 Å². The number of rotatable bonds is 1. The van der Waals surface area contributed by atoms with Crippen LogP contribution in [0.2, 0.25) is 0 Å². The molecule has 2 heterocycles. The van der Waals surface area contributed by atoms with Gasteiger partial charge in [-0.05, 0) is 25.2 Å². The highest BCUT2D eigenvalue weighted by atomic mass is 32.1. The summed E-state index contributed by atoms with van der Waals surface area (Å²) in [5, 5.41) is 11.9. The zero-order valence-corrected chi connectivity index (χ0v) is 8.13. The summed E-state index contributed by atoms with van der Waals surface area (Å²) in [6.07, 6.45) is 4.03. The van der Waals surface area contributed by atoms with Gasteiger partial charge in [-0.1, -0.05) is 0 Å². The van der Waals surface area contributed by atoms with Gasteiger partial charge >= 0.3 is 0 Å². The second kappa shape index (κ2) is 2.61. The van der Waals surface area contributed by atoms with Gasteiger partial charge in [-0.3, -0.25) is 0 Å². The summed E-state index contributed by atoms with van der Waals surface area (Å²) < 4.78 is 0. The molecule has 2 fully saturated rings. The second-order valence-corrected chi connectivity index (χ2v) is 4.81. The summed E-state index contributed by atoms with van der Waals surface area (Å²) in [7, 11) is 0. The summed E-state index contributed by atoms with van der Waals surface area (Å²) in [6.45, 7) is 1.15. The Hall–Kier alpha value is -0.770. The van der Waals surface area contributed by atoms with E-state index in [4.69, 9.17) is 5.11 Å². The monoisotopic (exact) mass is 196 g/mol. The van der Waals surface area contributed by atoms with E-state index in [-0.39, 0.29) is 5.88 Å². The van der Waals surface area contributed by atoms with E-state index >= 15 is 0 Å². The molecule has 3 rings (SSSR count). The Bertz CT molecular complexity index is 325. The minimum atomic E-state index is 0.169. The topological polar surface area (TPSA) is 36.4 Å². The molecule has 2 bridgehead atoms. The van der Waals surface area contributed by atoms with E-state index in [2.05, 4.69) is 9.88 Å². The number of fused-ring (bicyclic) bond motifs is 2. The lowest BCUT2D eigenvalue weighted by Crippen LogP contribution is -2.31. The van der Waals surface area contributed by atoms with E-state index in [1.54, 1.807) is 16.7 Å². The van der Waals surface area contributed by atoms with E-state index in [0.29, 0.717) is 6.04 Å². The fraction of sp³-hybridized carbons (Fsp3) is 0.667. The van der Waals surface area contributed by atoms with Crippen LogP contribution in [-0.2, 0) is 0 Å². The molecular weight excluding hydrogens is 184 g/mol. The molecule has 70 valence electrons. The zero-order valence-electron chi connectivity index (χ0n) is 7.31. The summed E-state index contributed by atoms with van der Waals surface area (Å²) >= 11 is 1.55. The third-order valence-corrected chi connectivity index (χ3v) is 4.00. The van der Waals surface area contributed by atoms with E-state index in [9.17, 15) is 0 Å². The van der Waals surface area contributed by atoms with E-state index in [1.165, 1.54) is 19.3 Å². The first kappa shape index (κ1) is 7.62. The Kier molecular flexibility index (Phi) is 1.53. The molecule has 0 amide bonds. The molecule has 0 radical (unpaired) electrons. The molecule has 1 N–H and O–H groups in total. The minimum Gasteiger partial charge on any atom is -0.493 e. The fourth-order valence-electron chi connectivity index (χ4n) is 2.55. The number of thiazole rings is 1. The van der Waals surface area contributed by atoms with E-state index < -0.39 is 0 Å². The van der Waals surface area contributed by atoms with Gasteiger partial charge in [0.15, 0.2) is 5.13 Å². The molecule has 2 aliphatic rings. The number of nitrogens with zero attached hydrogens (tertiary/aromatic N) is 2. The van der Waals surface area contributed by atoms with Gasteiger partial charge in [0.2, 0.25) is 5.88 Å². The van der Waals surface area contributed by atoms with Crippen LogP contribution in [0.3, 0.4) is 0 Å². The maximum Gasteiger partial charge on any atom is 0.223 e. The molecule has 1 saturated carbocycles. The van der Waals surface area contributed by atoms with Crippen LogP contribution in [0.4, 0.5) is 5.13 Å². The van der Waals surface area contributed by atoms with Gasteiger partial charge in [0.05, 0.1) is 5.38 Å². The molecule has 1 aromatic rings. The van der Waals surface area contributed by atoms with E-state index in [1.807, 2.05) is 0 Å². The third-order valence-electron chi connectivity index (χ3n) is 3.13. The van der Waals surface area contributed by atoms with Crippen LogP contribution in [0.1, 0.15) is 19.3 Å². The van der Waals surface area contributed by atoms with Gasteiger partial charge in [-0.2, -0.15) is 4.98 Å². The van der Waals surface area contributed by atoms with Crippen molar-refractivity contribution in [1.29, 1.82) is 0 Å². The molecule has 1 aromatic heterocycles. The van der Waals surface area contributed by atoms with Crippen molar-refractivity contribution in [3.05, 3.63) is 5.38 Å². The van der Waals surface area contributed by atoms with Gasteiger partial charge in [0, 0.05) is 12.6 Å². The highest BCUT2D eigenvalue weighted by molar-refractivity contribution is 7.13. The molecular formula is C9H12N2OS. The largest absolute Gasteiger partial charge is 0.493 e. The standard InChI is InChI=1S/C9H12N2OS/c12-8-5-13-9(10-8)11-4-6-1-2-7(11)3-6/h5-7,12H,1-4H2. The maximum absolute atomic E-state index is 9.16. The highest BCUT2D eigenvalue weighted by Gasteiger charge is 2.38. The first-order chi connectivity index (χ1) is 6.33. The van der Waals surface area contributed by atoms with Crippen LogP contribution in [0.15, 0.2) is 5.38 Å². The van der Waals surface area contributed by atoms with Crippen LogP contribution in [-0.4, -0.2) is 22.7 Å². The van der Waals surface area contributed by atoms with Crippen molar-refractivity contribution in [1.82, 2.24) is 4.98 Å². The van der Waals surface area contributed by atoms with Gasteiger partial charge < -0.3 is 10.0 Å². The normalized spacial score (nSPS) is 31.5. The van der Waals surface area contributed by atoms with E-state index in [0.717, 1.165) is 17.6 Å². The summed E-state index contributed by atoms with van der Waals surface area (Å²) in [6, 6.07) is 0.704. The Labute approximate surface area is 81.0 Å². The van der Waals surface area contributed by atoms with Gasteiger partial charge in [-0.15, -0.1) is 11.3 Å². The number of hydrogen-bond donors (Lipinski definition) is 1. The SMILES string of the molecule is Oc1csc(N2CC3CCC2C3)n1. The van der Waals surface area contributed by atoms with Crippen molar-refractivity contribution in [3.8, 4) is 5.88 Å². The predicted octanol–water partition coefficient (Wildman–Crippen LogP) is 1.84. The fourth-order valence-corrected chi connectivity index (χ4v) is 3.32. The third kappa shape index (κ3) is 1.12. The van der Waals surface area contributed by atoms with Crippen LogP contribution < -0.4 is 4.90 Å². The summed E-state index contributed by atoms with van der Waals surface area (Å²) in [5.41, 5.74) is 0. The number of aromatic hydroxyl groups is 1. The second-order valence-electron chi connectivity index (χ2n) is 3.97. The average molecular weight is 196 g/mol. The molecule has 1 aliphatic heterocycles. The molecule has 2 unspecified atom stereocenters. The van der Waals surface area contributed by atoms with Crippen molar-refractivity contribution < 1.29 is 5.11 Å². The van der Waals surface area contributed by atoms with Crippen molar-refractivity contribution in [3.63, 3.8) is 0 Å². The van der Waals surface area contributed by atoms with Crippen LogP contribution >= 0.6 is 11.3 Å². The predicted molar refractivity (Wildman–Crippen MR) is 52.3 cm³/mol. The number of anilines is 1. The maximum atomic E-state index is 9.16. The Morgan fingerprint density at radius 1 is 1.54 bits per heavy atom. The van der Waals surface area contributed by atoms with Crippen molar-refractivity contribution in [2.24, 2.45) is 5.92 Å². The number of aromatic nitrogens is 1. The number of hydrogen-bond acceptors (Lipinski definition) is 4. The minimum absolute atomic E-state index is 0.169. The summed E-state index contributed by atoms with van der Waals surface area (Å²) in [5.74, 6) is 1.05. The molecule has 4 heteroatoms. The quantitative estimate of drug-likeness (QED) is 0.744. The van der Waals surface area contributed by atoms with Crippen molar-refractivity contribution in [2.45, 2.75) is 25.3 Å². The molecule has 13 heavy (non-hydrogen) atoms. The lowest BCUT2D eigenvalue weighted by molar-refractivity contribution is 0.456. The van der Waals surface area contributed by atoms with Gasteiger partial charge in [-0.25, -0.2) is 0 Å². The molecule has 3 nitrogen and oxygen atoms in total. The van der Waals surface area contributed by atoms with Crippen LogP contribution in [0, 0.1) is 5.92 Å². The van der Waals surface area contributed by atoms with Gasteiger partial charge in [0.25, 0.3) is 0 Å². The molecule has 0 aromatic carbocycles.